The molecule has 1 amide bonds. The normalized spacial score (nSPS) is 32.3. The van der Waals surface area contributed by atoms with Crippen molar-refractivity contribution in [2.24, 2.45) is 5.92 Å². The fourth-order valence-electron chi connectivity index (χ4n) is 2.94. The number of piperidine rings is 1. The molecular weight excluding hydrogens is 200 g/mol. The molecule has 1 saturated carbocycles. The van der Waals surface area contributed by atoms with E-state index in [1.165, 1.54) is 32.4 Å². The van der Waals surface area contributed by atoms with Crippen LogP contribution in [0.25, 0.3) is 0 Å². The van der Waals surface area contributed by atoms with Gasteiger partial charge in [0.1, 0.15) is 0 Å². The summed E-state index contributed by atoms with van der Waals surface area (Å²) in [5.41, 5.74) is 0. The predicted molar refractivity (Wildman–Crippen MR) is 64.4 cm³/mol. The highest BCUT2D eigenvalue weighted by Crippen LogP contribution is 2.23. The molecule has 0 aromatic carbocycles. The van der Waals surface area contributed by atoms with Crippen LogP contribution in [0.15, 0.2) is 0 Å². The molecule has 1 aliphatic carbocycles. The first-order chi connectivity index (χ1) is 7.75. The van der Waals surface area contributed by atoms with Crippen LogP contribution in [-0.2, 0) is 4.79 Å². The monoisotopic (exact) mass is 225 g/mol. The summed E-state index contributed by atoms with van der Waals surface area (Å²) in [5.74, 6) is 0.657. The van der Waals surface area contributed by atoms with Crippen LogP contribution in [0.4, 0.5) is 0 Å². The van der Waals surface area contributed by atoms with E-state index in [1.54, 1.807) is 4.90 Å². The molecular formula is C13H25N2O+. The minimum absolute atomic E-state index is 0.320. The van der Waals surface area contributed by atoms with E-state index < -0.39 is 0 Å². The topological polar surface area (TPSA) is 33.5 Å². The molecule has 0 aromatic rings. The van der Waals surface area contributed by atoms with Crippen LogP contribution in [0.2, 0.25) is 0 Å². The number of carbonyl (C=O) groups excluding carboxylic acids is 1. The molecule has 0 radical (unpaired) electrons. The molecule has 0 spiro atoms. The second-order valence-corrected chi connectivity index (χ2v) is 5.57. The molecule has 0 unspecified atom stereocenters. The van der Waals surface area contributed by atoms with E-state index in [0.717, 1.165) is 25.7 Å². The van der Waals surface area contributed by atoms with Crippen molar-refractivity contribution in [1.29, 1.82) is 0 Å². The Labute approximate surface area is 98.6 Å². The number of rotatable bonds is 2. The smallest absolute Gasteiger partial charge is 0.223 e. The average molecular weight is 225 g/mol. The number of nitrogens with one attached hydrogen (secondary N) is 2. The van der Waals surface area contributed by atoms with Crippen molar-refractivity contribution in [2.75, 3.05) is 20.1 Å². The molecule has 0 aromatic heterocycles. The summed E-state index contributed by atoms with van der Waals surface area (Å²) in [5, 5.41) is 3.26. The molecule has 0 atom stereocenters. The van der Waals surface area contributed by atoms with Gasteiger partial charge in [-0.15, -0.1) is 0 Å². The van der Waals surface area contributed by atoms with Gasteiger partial charge in [-0.05, 0) is 12.8 Å². The van der Waals surface area contributed by atoms with Crippen LogP contribution in [0.1, 0.15) is 44.9 Å². The highest BCUT2D eigenvalue weighted by atomic mass is 16.1. The van der Waals surface area contributed by atoms with Gasteiger partial charge in [-0.2, -0.15) is 0 Å². The minimum Gasteiger partial charge on any atom is -0.353 e. The molecule has 2 N–H and O–H groups in total. The molecule has 2 rings (SSSR count). The summed E-state index contributed by atoms with van der Waals surface area (Å²) in [6, 6.07) is 0.457. The Morgan fingerprint density at radius 2 is 1.69 bits per heavy atom. The van der Waals surface area contributed by atoms with E-state index in [1.807, 2.05) is 0 Å². The van der Waals surface area contributed by atoms with Gasteiger partial charge in [0.15, 0.2) is 0 Å². The zero-order chi connectivity index (χ0) is 11.4. The zero-order valence-electron chi connectivity index (χ0n) is 10.4. The van der Waals surface area contributed by atoms with Crippen LogP contribution < -0.4 is 10.2 Å². The van der Waals surface area contributed by atoms with Gasteiger partial charge in [-0.25, -0.2) is 0 Å². The van der Waals surface area contributed by atoms with Crippen molar-refractivity contribution in [2.45, 2.75) is 51.0 Å². The van der Waals surface area contributed by atoms with Crippen molar-refractivity contribution < 1.29 is 9.69 Å². The first kappa shape index (κ1) is 11.9. The largest absolute Gasteiger partial charge is 0.353 e. The second-order valence-electron chi connectivity index (χ2n) is 5.57. The van der Waals surface area contributed by atoms with Crippen LogP contribution in [0.3, 0.4) is 0 Å². The van der Waals surface area contributed by atoms with E-state index in [-0.39, 0.29) is 0 Å². The lowest BCUT2D eigenvalue weighted by molar-refractivity contribution is -0.884. The lowest BCUT2D eigenvalue weighted by Gasteiger charge is -2.29. The third-order valence-electron chi connectivity index (χ3n) is 4.16. The molecule has 2 fully saturated rings. The molecule has 1 heterocycles. The van der Waals surface area contributed by atoms with Crippen LogP contribution >= 0.6 is 0 Å². The van der Waals surface area contributed by atoms with Crippen molar-refractivity contribution in [3.8, 4) is 0 Å². The van der Waals surface area contributed by atoms with E-state index in [4.69, 9.17) is 0 Å². The van der Waals surface area contributed by atoms with Gasteiger partial charge in [0.2, 0.25) is 5.91 Å². The molecule has 0 bridgehead atoms. The van der Waals surface area contributed by atoms with E-state index in [0.29, 0.717) is 17.9 Å². The molecule has 1 aliphatic heterocycles. The van der Waals surface area contributed by atoms with Crippen LogP contribution in [0, 0.1) is 5.92 Å². The van der Waals surface area contributed by atoms with Gasteiger partial charge in [0.05, 0.1) is 20.1 Å². The summed E-state index contributed by atoms with van der Waals surface area (Å²) in [6.45, 7) is 2.41. The maximum atomic E-state index is 12.0. The molecule has 3 heteroatoms. The average Bonchev–Trinajstić information content (AvgIpc) is 2.33. The maximum absolute atomic E-state index is 12.0. The Kier molecular flexibility index (Phi) is 4.22. The van der Waals surface area contributed by atoms with E-state index >= 15 is 0 Å². The van der Waals surface area contributed by atoms with E-state index in [2.05, 4.69) is 12.4 Å². The summed E-state index contributed by atoms with van der Waals surface area (Å²) < 4.78 is 0. The highest BCUT2D eigenvalue weighted by molar-refractivity contribution is 5.79. The summed E-state index contributed by atoms with van der Waals surface area (Å²) in [6.07, 6.45) is 8.36. The minimum atomic E-state index is 0.320. The standard InChI is InChI=1S/C13H24N2O/c1-15-9-7-12(8-10-15)14-13(16)11-5-3-2-4-6-11/h11-12H,2-10H2,1H3,(H,14,16)/p+1. The van der Waals surface area contributed by atoms with Gasteiger partial charge in [0, 0.05) is 24.8 Å². The fourth-order valence-corrected chi connectivity index (χ4v) is 2.94. The Morgan fingerprint density at radius 3 is 2.31 bits per heavy atom. The Morgan fingerprint density at radius 1 is 1.06 bits per heavy atom. The first-order valence-corrected chi connectivity index (χ1v) is 6.87. The third kappa shape index (κ3) is 3.21. The van der Waals surface area contributed by atoms with Crippen LogP contribution in [-0.4, -0.2) is 32.1 Å². The number of likely N-dealkylation sites (tertiary alicyclic amines) is 1. The number of amides is 1. The number of hydrogen-bond acceptors (Lipinski definition) is 1. The lowest BCUT2D eigenvalue weighted by Crippen LogP contribution is -3.10. The zero-order valence-corrected chi connectivity index (χ0v) is 10.4. The molecule has 16 heavy (non-hydrogen) atoms. The maximum Gasteiger partial charge on any atom is 0.223 e. The SMILES string of the molecule is C[NH+]1CCC(NC(=O)C2CCCCC2)CC1. The summed E-state index contributed by atoms with van der Waals surface area (Å²) in [7, 11) is 2.24. The quantitative estimate of drug-likeness (QED) is 0.699. The number of hydrogen-bond donors (Lipinski definition) is 2. The van der Waals surface area contributed by atoms with Crippen LogP contribution in [0.5, 0.6) is 0 Å². The molecule has 1 saturated heterocycles. The molecule has 2 aliphatic rings. The Balaban J connectivity index is 1.73. The van der Waals surface area contributed by atoms with Gasteiger partial charge >= 0.3 is 0 Å². The Bertz CT molecular complexity index is 228. The van der Waals surface area contributed by atoms with Gasteiger partial charge < -0.3 is 10.2 Å². The van der Waals surface area contributed by atoms with Crippen molar-refractivity contribution in [1.82, 2.24) is 5.32 Å². The fraction of sp³-hybridized carbons (Fsp3) is 0.923. The third-order valence-corrected chi connectivity index (χ3v) is 4.16. The van der Waals surface area contributed by atoms with Crippen molar-refractivity contribution in [3.05, 3.63) is 0 Å². The lowest BCUT2D eigenvalue weighted by atomic mass is 9.88. The molecule has 92 valence electrons. The van der Waals surface area contributed by atoms with Crippen molar-refractivity contribution in [3.63, 3.8) is 0 Å². The molecule has 3 nitrogen and oxygen atoms in total. The number of quaternary nitrogens is 1. The first-order valence-electron chi connectivity index (χ1n) is 6.87. The summed E-state index contributed by atoms with van der Waals surface area (Å²) in [4.78, 5) is 13.6. The summed E-state index contributed by atoms with van der Waals surface area (Å²) >= 11 is 0. The van der Waals surface area contributed by atoms with Gasteiger partial charge in [0.25, 0.3) is 0 Å². The van der Waals surface area contributed by atoms with Crippen molar-refractivity contribution >= 4 is 5.91 Å². The Hall–Kier alpha value is -0.570. The van der Waals surface area contributed by atoms with Gasteiger partial charge in [-0.1, -0.05) is 19.3 Å². The van der Waals surface area contributed by atoms with E-state index in [9.17, 15) is 4.79 Å². The highest BCUT2D eigenvalue weighted by Gasteiger charge is 2.25. The predicted octanol–water partition coefficient (Wildman–Crippen LogP) is 0.360. The van der Waals surface area contributed by atoms with Gasteiger partial charge in [-0.3, -0.25) is 4.79 Å². The second kappa shape index (κ2) is 5.67. The number of carbonyl (C=O) groups is 1.